The molecule has 0 aliphatic carbocycles. The Morgan fingerprint density at radius 2 is 1.43 bits per heavy atom. The zero-order valence-electron chi connectivity index (χ0n) is 14.9. The van der Waals surface area contributed by atoms with E-state index in [4.69, 9.17) is 5.11 Å². The van der Waals surface area contributed by atoms with Gasteiger partial charge in [0.05, 0.1) is 6.10 Å². The molecule has 134 valence electrons. The molecule has 0 heterocycles. The number of aliphatic hydroxyl groups excluding tert-OH is 1. The second-order valence-corrected chi connectivity index (χ2v) is 6.33. The lowest BCUT2D eigenvalue weighted by Gasteiger charge is -2.09. The Bertz CT molecular complexity index is 321. The largest absolute Gasteiger partial charge is 0.478 e. The first-order valence-corrected chi connectivity index (χ1v) is 9.41. The number of rotatable bonds is 16. The van der Waals surface area contributed by atoms with Crippen molar-refractivity contribution in [3.63, 3.8) is 0 Å². The van der Waals surface area contributed by atoms with Crippen molar-refractivity contribution < 1.29 is 15.0 Å². The molecule has 0 aliphatic heterocycles. The van der Waals surface area contributed by atoms with Crippen LogP contribution >= 0.6 is 0 Å². The molecule has 0 rings (SSSR count). The summed E-state index contributed by atoms with van der Waals surface area (Å²) < 4.78 is 0. The molecule has 2 N–H and O–H groups in total. The van der Waals surface area contributed by atoms with Crippen LogP contribution < -0.4 is 0 Å². The highest BCUT2D eigenvalue weighted by atomic mass is 16.4. The van der Waals surface area contributed by atoms with Crippen LogP contribution in [0.4, 0.5) is 0 Å². The topological polar surface area (TPSA) is 57.5 Å². The average molecular weight is 325 g/mol. The number of hydrogen-bond donors (Lipinski definition) is 2. The van der Waals surface area contributed by atoms with Crippen molar-refractivity contribution in [3.05, 3.63) is 24.3 Å². The molecule has 3 heteroatoms. The summed E-state index contributed by atoms with van der Waals surface area (Å²) >= 11 is 0. The fourth-order valence-electron chi connectivity index (χ4n) is 2.61. The predicted octanol–water partition coefficient (Wildman–Crippen LogP) is 5.64. The summed E-state index contributed by atoms with van der Waals surface area (Å²) in [6.07, 6.45) is 21.7. The minimum absolute atomic E-state index is 0.0872. The molecule has 0 aromatic heterocycles. The Morgan fingerprint density at radius 3 is 2.04 bits per heavy atom. The lowest BCUT2D eigenvalue weighted by molar-refractivity contribution is -0.131. The highest BCUT2D eigenvalue weighted by Gasteiger charge is 2.03. The van der Waals surface area contributed by atoms with E-state index in [0.717, 1.165) is 38.2 Å². The molecule has 3 nitrogen and oxygen atoms in total. The van der Waals surface area contributed by atoms with E-state index in [0.29, 0.717) is 0 Å². The van der Waals surface area contributed by atoms with Gasteiger partial charge in [0, 0.05) is 6.08 Å². The fourth-order valence-corrected chi connectivity index (χ4v) is 2.61. The minimum Gasteiger partial charge on any atom is -0.478 e. The van der Waals surface area contributed by atoms with Gasteiger partial charge in [-0.05, 0) is 25.7 Å². The Hall–Kier alpha value is -1.09. The Morgan fingerprint density at radius 1 is 0.870 bits per heavy atom. The molecule has 0 aromatic rings. The third kappa shape index (κ3) is 18.9. The molecule has 1 atom stereocenters. The molecule has 0 aromatic carbocycles. The number of unbranched alkanes of at least 4 members (excludes halogenated alkanes) is 9. The van der Waals surface area contributed by atoms with E-state index in [1.165, 1.54) is 51.4 Å². The Balaban J connectivity index is 3.25. The number of carbonyl (C=O) groups is 1. The number of hydrogen-bond acceptors (Lipinski definition) is 2. The van der Waals surface area contributed by atoms with Gasteiger partial charge in [0.2, 0.25) is 0 Å². The van der Waals surface area contributed by atoms with Gasteiger partial charge in [0.1, 0.15) is 0 Å². The van der Waals surface area contributed by atoms with Crippen LogP contribution in [0.3, 0.4) is 0 Å². The van der Waals surface area contributed by atoms with Crippen molar-refractivity contribution in [2.24, 2.45) is 0 Å². The van der Waals surface area contributed by atoms with E-state index >= 15 is 0 Å². The van der Waals surface area contributed by atoms with Crippen LogP contribution in [0.5, 0.6) is 0 Å². The number of allylic oxidation sites excluding steroid dienone is 3. The van der Waals surface area contributed by atoms with Gasteiger partial charge in [-0.3, -0.25) is 0 Å². The minimum atomic E-state index is -0.902. The summed E-state index contributed by atoms with van der Waals surface area (Å²) in [5.74, 6) is -0.902. The van der Waals surface area contributed by atoms with Crippen molar-refractivity contribution >= 4 is 5.97 Å². The maximum Gasteiger partial charge on any atom is 0.328 e. The van der Waals surface area contributed by atoms with Crippen LogP contribution in [0.1, 0.15) is 90.4 Å². The number of aliphatic carboxylic acids is 1. The van der Waals surface area contributed by atoms with Crippen LogP contribution in [0.2, 0.25) is 0 Å². The number of aliphatic hydroxyl groups is 1. The van der Waals surface area contributed by atoms with Crippen LogP contribution in [0.25, 0.3) is 0 Å². The third-order valence-corrected chi connectivity index (χ3v) is 4.04. The van der Waals surface area contributed by atoms with E-state index in [2.05, 4.69) is 6.92 Å². The molecule has 1 unspecified atom stereocenters. The van der Waals surface area contributed by atoms with Gasteiger partial charge in [-0.2, -0.15) is 0 Å². The Kier molecular flexibility index (Phi) is 16.4. The molecule has 0 amide bonds. The van der Waals surface area contributed by atoms with Crippen LogP contribution in [0, 0.1) is 0 Å². The second-order valence-electron chi connectivity index (χ2n) is 6.33. The van der Waals surface area contributed by atoms with Crippen molar-refractivity contribution in [3.8, 4) is 0 Å². The van der Waals surface area contributed by atoms with E-state index in [9.17, 15) is 9.90 Å². The summed E-state index contributed by atoms with van der Waals surface area (Å²) in [7, 11) is 0. The maximum absolute atomic E-state index is 10.2. The molecule has 0 fully saturated rings. The summed E-state index contributed by atoms with van der Waals surface area (Å²) in [6.45, 7) is 2.21. The van der Waals surface area contributed by atoms with Crippen LogP contribution in [-0.4, -0.2) is 22.3 Å². The van der Waals surface area contributed by atoms with Crippen molar-refractivity contribution in [2.45, 2.75) is 96.5 Å². The molecule has 0 bridgehead atoms. The molecule has 0 saturated heterocycles. The monoisotopic (exact) mass is 324 g/mol. The lowest BCUT2D eigenvalue weighted by Crippen LogP contribution is -2.05. The maximum atomic E-state index is 10.2. The van der Waals surface area contributed by atoms with Gasteiger partial charge in [0.25, 0.3) is 0 Å². The standard InChI is InChI=1S/C20H36O3/c1-2-3-4-13-16-19(21)17-14-11-9-7-5-6-8-10-12-15-18-20(22)23/h10,12,15,18-19,21H,2-9,11,13-14,16-17H2,1H3,(H,22,23). The first kappa shape index (κ1) is 21.9. The second kappa shape index (κ2) is 17.3. The smallest absolute Gasteiger partial charge is 0.328 e. The first-order valence-electron chi connectivity index (χ1n) is 9.41. The molecule has 0 aliphatic rings. The van der Waals surface area contributed by atoms with Gasteiger partial charge in [-0.15, -0.1) is 0 Å². The third-order valence-electron chi connectivity index (χ3n) is 4.04. The number of carboxylic acid groups (broad SMARTS) is 1. The summed E-state index contributed by atoms with van der Waals surface area (Å²) in [5.41, 5.74) is 0. The summed E-state index contributed by atoms with van der Waals surface area (Å²) in [4.78, 5) is 10.2. The zero-order chi connectivity index (χ0) is 17.2. The van der Waals surface area contributed by atoms with E-state index in [1.54, 1.807) is 12.2 Å². The molecular weight excluding hydrogens is 288 g/mol. The van der Waals surface area contributed by atoms with E-state index < -0.39 is 5.97 Å². The Labute approximate surface area is 142 Å². The predicted molar refractivity (Wildman–Crippen MR) is 97.6 cm³/mol. The zero-order valence-corrected chi connectivity index (χ0v) is 14.9. The van der Waals surface area contributed by atoms with Gasteiger partial charge in [-0.25, -0.2) is 4.79 Å². The highest BCUT2D eigenvalue weighted by Crippen LogP contribution is 2.13. The molecule has 0 saturated carbocycles. The van der Waals surface area contributed by atoms with Gasteiger partial charge < -0.3 is 10.2 Å². The molecule has 0 spiro atoms. The first-order chi connectivity index (χ1) is 11.2. The fraction of sp³-hybridized carbons (Fsp3) is 0.750. The highest BCUT2D eigenvalue weighted by molar-refractivity contribution is 5.80. The molecule has 0 radical (unpaired) electrons. The van der Waals surface area contributed by atoms with Crippen molar-refractivity contribution in [1.82, 2.24) is 0 Å². The van der Waals surface area contributed by atoms with Gasteiger partial charge in [0.15, 0.2) is 0 Å². The SMILES string of the molecule is CCCCCCC(O)CCCCCCCCC=CC=CC(=O)O. The quantitative estimate of drug-likeness (QED) is 0.219. The van der Waals surface area contributed by atoms with E-state index in [1.807, 2.05) is 6.08 Å². The van der Waals surface area contributed by atoms with Crippen molar-refractivity contribution in [2.75, 3.05) is 0 Å². The number of carboxylic acids is 1. The summed E-state index contributed by atoms with van der Waals surface area (Å²) in [5, 5.41) is 18.3. The molecular formula is C20H36O3. The normalized spacial score (nSPS) is 13.1. The van der Waals surface area contributed by atoms with E-state index in [-0.39, 0.29) is 6.10 Å². The van der Waals surface area contributed by atoms with Crippen LogP contribution in [-0.2, 0) is 4.79 Å². The van der Waals surface area contributed by atoms with Gasteiger partial charge >= 0.3 is 5.97 Å². The van der Waals surface area contributed by atoms with Crippen LogP contribution in [0.15, 0.2) is 24.3 Å². The molecule has 23 heavy (non-hydrogen) atoms. The van der Waals surface area contributed by atoms with Crippen molar-refractivity contribution in [1.29, 1.82) is 0 Å². The average Bonchev–Trinajstić information content (AvgIpc) is 2.52. The lowest BCUT2D eigenvalue weighted by atomic mass is 10.0. The summed E-state index contributed by atoms with van der Waals surface area (Å²) in [6, 6.07) is 0. The van der Waals surface area contributed by atoms with Gasteiger partial charge in [-0.1, -0.05) is 82.9 Å².